The van der Waals surface area contributed by atoms with E-state index in [2.05, 4.69) is 15.2 Å². The van der Waals surface area contributed by atoms with E-state index in [1.165, 1.54) is 0 Å². The van der Waals surface area contributed by atoms with Crippen LogP contribution in [-0.2, 0) is 0 Å². The number of halogens is 1. The van der Waals surface area contributed by atoms with Gasteiger partial charge in [0.05, 0.1) is 6.04 Å². The molecular formula is C18H20ClN3O2. The maximum atomic E-state index is 11.8. The number of amides is 1. The van der Waals surface area contributed by atoms with Crippen molar-refractivity contribution in [3.8, 4) is 5.75 Å². The van der Waals surface area contributed by atoms with Gasteiger partial charge >= 0.3 is 0 Å². The van der Waals surface area contributed by atoms with Crippen LogP contribution >= 0.6 is 11.6 Å². The topological polar surface area (TPSA) is 54.5 Å². The van der Waals surface area contributed by atoms with Crippen molar-refractivity contribution in [2.24, 2.45) is 0 Å². The quantitative estimate of drug-likeness (QED) is 0.904. The molecular weight excluding hydrogens is 326 g/mol. The Bertz CT molecular complexity index is 706. The van der Waals surface area contributed by atoms with Crippen molar-refractivity contribution in [3.05, 3.63) is 53.3 Å². The number of carbonyl (C=O) groups excluding carboxylic acids is 1. The first-order valence-electron chi connectivity index (χ1n) is 8.00. The van der Waals surface area contributed by atoms with Gasteiger partial charge in [0.1, 0.15) is 18.1 Å². The average Bonchev–Trinajstić information content (AvgIpc) is 3.09. The first-order valence-corrected chi connectivity index (χ1v) is 8.38. The largest absolute Gasteiger partial charge is 0.491 e. The zero-order valence-electron chi connectivity index (χ0n) is 13.5. The summed E-state index contributed by atoms with van der Waals surface area (Å²) in [5.74, 6) is 0.636. The molecule has 1 aromatic carbocycles. The minimum atomic E-state index is -0.176. The Morgan fingerprint density at radius 1 is 1.38 bits per heavy atom. The molecule has 2 aromatic rings. The Labute approximate surface area is 146 Å². The van der Waals surface area contributed by atoms with Gasteiger partial charge in [0, 0.05) is 30.5 Å². The summed E-state index contributed by atoms with van der Waals surface area (Å²) in [7, 11) is 1.61. The van der Waals surface area contributed by atoms with Gasteiger partial charge in [-0.2, -0.15) is 0 Å². The highest BCUT2D eigenvalue weighted by Gasteiger charge is 2.26. The molecule has 6 heteroatoms. The minimum Gasteiger partial charge on any atom is -0.491 e. The third kappa shape index (κ3) is 3.79. The van der Waals surface area contributed by atoms with Gasteiger partial charge in [-0.15, -0.1) is 0 Å². The number of rotatable bonds is 5. The first-order chi connectivity index (χ1) is 11.7. The second-order valence-electron chi connectivity index (χ2n) is 5.73. The molecule has 1 atom stereocenters. The van der Waals surface area contributed by atoms with E-state index in [4.69, 9.17) is 16.3 Å². The predicted octanol–water partition coefficient (Wildman–Crippen LogP) is 3.14. The van der Waals surface area contributed by atoms with Gasteiger partial charge in [0.25, 0.3) is 5.91 Å². The highest BCUT2D eigenvalue weighted by molar-refractivity contribution is 6.30. The summed E-state index contributed by atoms with van der Waals surface area (Å²) < 4.78 is 5.90. The third-order valence-corrected chi connectivity index (χ3v) is 4.42. The Hall–Kier alpha value is -2.27. The summed E-state index contributed by atoms with van der Waals surface area (Å²) in [4.78, 5) is 18.2. The van der Waals surface area contributed by atoms with Crippen LogP contribution in [-0.4, -0.2) is 37.1 Å². The molecule has 1 saturated heterocycles. The van der Waals surface area contributed by atoms with Crippen molar-refractivity contribution in [3.63, 3.8) is 0 Å². The zero-order chi connectivity index (χ0) is 16.9. The molecule has 1 aromatic heterocycles. The highest BCUT2D eigenvalue weighted by atomic mass is 35.5. The summed E-state index contributed by atoms with van der Waals surface area (Å²) in [6.07, 6.45) is 3.84. The Balaban J connectivity index is 1.69. The van der Waals surface area contributed by atoms with E-state index in [1.54, 1.807) is 13.2 Å². The molecule has 1 amide bonds. The number of hydrogen-bond acceptors (Lipinski definition) is 4. The lowest BCUT2D eigenvalue weighted by molar-refractivity contribution is 0.0958. The molecule has 1 N–H and O–H groups in total. The van der Waals surface area contributed by atoms with Crippen molar-refractivity contribution in [2.45, 2.75) is 18.9 Å². The van der Waals surface area contributed by atoms with Crippen molar-refractivity contribution in [1.29, 1.82) is 0 Å². The summed E-state index contributed by atoms with van der Waals surface area (Å²) in [5, 5.41) is 3.30. The summed E-state index contributed by atoms with van der Waals surface area (Å²) in [6, 6.07) is 11.4. The maximum Gasteiger partial charge on any atom is 0.269 e. The molecule has 0 spiro atoms. The van der Waals surface area contributed by atoms with Crippen molar-refractivity contribution in [1.82, 2.24) is 10.3 Å². The molecule has 0 bridgehead atoms. The third-order valence-electron chi connectivity index (χ3n) is 4.17. The normalized spacial score (nSPS) is 16.9. The molecule has 0 radical (unpaired) electrons. The monoisotopic (exact) mass is 345 g/mol. The SMILES string of the molecule is CNC(=O)c1cc(N2CCCC2COc2ccc(Cl)cc2)ccn1. The number of ether oxygens (including phenoxy) is 1. The van der Waals surface area contributed by atoms with Crippen LogP contribution in [0.2, 0.25) is 5.02 Å². The van der Waals surface area contributed by atoms with Crippen LogP contribution in [0.4, 0.5) is 5.69 Å². The Morgan fingerprint density at radius 3 is 2.92 bits per heavy atom. The maximum absolute atomic E-state index is 11.8. The van der Waals surface area contributed by atoms with Crippen molar-refractivity contribution >= 4 is 23.2 Å². The number of nitrogens with one attached hydrogen (secondary N) is 1. The smallest absolute Gasteiger partial charge is 0.269 e. The lowest BCUT2D eigenvalue weighted by Gasteiger charge is -2.27. The lowest BCUT2D eigenvalue weighted by atomic mass is 10.2. The van der Waals surface area contributed by atoms with Crippen LogP contribution in [0.1, 0.15) is 23.3 Å². The highest BCUT2D eigenvalue weighted by Crippen LogP contribution is 2.26. The van der Waals surface area contributed by atoms with Gasteiger partial charge < -0.3 is 15.0 Å². The number of aromatic nitrogens is 1. The summed E-state index contributed by atoms with van der Waals surface area (Å²) >= 11 is 5.89. The number of hydrogen-bond donors (Lipinski definition) is 1. The molecule has 1 unspecified atom stereocenters. The second-order valence-corrected chi connectivity index (χ2v) is 6.17. The lowest BCUT2D eigenvalue weighted by Crippen LogP contribution is -2.34. The van der Waals surface area contributed by atoms with E-state index in [1.807, 2.05) is 36.4 Å². The second kappa shape index (κ2) is 7.53. The fourth-order valence-corrected chi connectivity index (χ4v) is 3.05. The molecule has 0 saturated carbocycles. The molecule has 0 aliphatic carbocycles. The fourth-order valence-electron chi connectivity index (χ4n) is 2.92. The molecule has 1 aliphatic heterocycles. The van der Waals surface area contributed by atoms with Gasteiger partial charge in [-0.1, -0.05) is 11.6 Å². The van der Waals surface area contributed by atoms with Gasteiger partial charge in [-0.05, 0) is 49.2 Å². The van der Waals surface area contributed by atoms with E-state index < -0.39 is 0 Å². The van der Waals surface area contributed by atoms with Crippen LogP contribution in [0.25, 0.3) is 0 Å². The van der Waals surface area contributed by atoms with Gasteiger partial charge in [0.15, 0.2) is 0 Å². The standard InChI is InChI=1S/C18H20ClN3O2/c1-20-18(23)17-11-14(8-9-21-17)22-10-2-3-15(22)12-24-16-6-4-13(19)5-7-16/h4-9,11,15H,2-3,10,12H2,1H3,(H,20,23). The predicted molar refractivity (Wildman–Crippen MR) is 94.9 cm³/mol. The van der Waals surface area contributed by atoms with E-state index >= 15 is 0 Å². The summed E-state index contributed by atoms with van der Waals surface area (Å²) in [5.41, 5.74) is 1.44. The molecule has 2 heterocycles. The molecule has 3 rings (SSSR count). The summed E-state index contributed by atoms with van der Waals surface area (Å²) in [6.45, 7) is 1.55. The number of benzene rings is 1. The molecule has 24 heavy (non-hydrogen) atoms. The van der Waals surface area contributed by atoms with Crippen molar-refractivity contribution < 1.29 is 9.53 Å². The van der Waals surface area contributed by atoms with Gasteiger partial charge in [0.2, 0.25) is 0 Å². The van der Waals surface area contributed by atoms with Gasteiger partial charge in [-0.25, -0.2) is 0 Å². The van der Waals surface area contributed by atoms with Crippen LogP contribution < -0.4 is 15.0 Å². The Morgan fingerprint density at radius 2 is 2.17 bits per heavy atom. The minimum absolute atomic E-state index is 0.176. The van der Waals surface area contributed by atoms with E-state index in [0.29, 0.717) is 17.3 Å². The number of carbonyl (C=O) groups is 1. The fraction of sp³-hybridized carbons (Fsp3) is 0.333. The number of nitrogens with zero attached hydrogens (tertiary/aromatic N) is 2. The van der Waals surface area contributed by atoms with Crippen LogP contribution in [0, 0.1) is 0 Å². The van der Waals surface area contributed by atoms with E-state index in [0.717, 1.165) is 30.8 Å². The molecule has 126 valence electrons. The van der Waals surface area contributed by atoms with E-state index in [9.17, 15) is 4.79 Å². The Kier molecular flexibility index (Phi) is 5.20. The zero-order valence-corrected chi connectivity index (χ0v) is 14.3. The van der Waals surface area contributed by atoms with Crippen molar-refractivity contribution in [2.75, 3.05) is 25.1 Å². The number of pyridine rings is 1. The molecule has 1 fully saturated rings. The van der Waals surface area contributed by atoms with Gasteiger partial charge in [-0.3, -0.25) is 9.78 Å². The van der Waals surface area contributed by atoms with Crippen LogP contribution in [0.3, 0.4) is 0 Å². The first kappa shape index (κ1) is 16.6. The van der Waals surface area contributed by atoms with Crippen LogP contribution in [0.5, 0.6) is 5.75 Å². The molecule has 5 nitrogen and oxygen atoms in total. The molecule has 1 aliphatic rings. The number of anilines is 1. The van der Waals surface area contributed by atoms with Crippen LogP contribution in [0.15, 0.2) is 42.6 Å². The average molecular weight is 346 g/mol. The van der Waals surface area contributed by atoms with E-state index in [-0.39, 0.29) is 11.9 Å².